The Kier molecular flexibility index (Phi) is 21.0. The average molecular weight is 685 g/mol. The predicted molar refractivity (Wildman–Crippen MR) is 188 cm³/mol. The summed E-state index contributed by atoms with van der Waals surface area (Å²) in [4.78, 5) is 64.7. The van der Waals surface area contributed by atoms with E-state index < -0.39 is 47.7 Å². The van der Waals surface area contributed by atoms with Gasteiger partial charge >= 0.3 is 11.9 Å². The van der Waals surface area contributed by atoms with E-state index in [4.69, 9.17) is 9.47 Å². The number of nitrogens with one attached hydrogen (secondary N) is 1. The van der Waals surface area contributed by atoms with Crippen molar-refractivity contribution in [2.75, 3.05) is 27.8 Å². The SMILES string of the molecule is CC#CCOc1ccc(C[C@H](NC(=O)[C@@H](/C=C/CCCCCCC(=O)CCCCCCC)[C@@](O)(CC(=O)N(C)C)C(=O)O)C(=O)OC)cc1. The Morgan fingerprint density at radius 1 is 0.959 bits per heavy atom. The first kappa shape index (κ1) is 42.9. The number of carbonyl (C=O) groups excluding carboxylic acids is 4. The summed E-state index contributed by atoms with van der Waals surface area (Å²) in [7, 11) is 3.99. The Hall–Kier alpha value is -4.17. The minimum Gasteiger partial charge on any atom is -0.481 e. The molecule has 272 valence electrons. The zero-order chi connectivity index (χ0) is 36.7. The van der Waals surface area contributed by atoms with Crippen molar-refractivity contribution in [1.82, 2.24) is 10.2 Å². The van der Waals surface area contributed by atoms with Gasteiger partial charge in [0.15, 0.2) is 5.60 Å². The van der Waals surface area contributed by atoms with Gasteiger partial charge in [0.2, 0.25) is 11.8 Å². The van der Waals surface area contributed by atoms with Crippen LogP contribution in [0.4, 0.5) is 0 Å². The molecule has 0 aliphatic heterocycles. The van der Waals surface area contributed by atoms with Crippen LogP contribution >= 0.6 is 0 Å². The number of benzene rings is 1. The second-order valence-corrected chi connectivity index (χ2v) is 12.4. The Morgan fingerprint density at radius 3 is 2.12 bits per heavy atom. The van der Waals surface area contributed by atoms with Crippen LogP contribution < -0.4 is 10.1 Å². The lowest BCUT2D eigenvalue weighted by Gasteiger charge is -2.31. The molecule has 3 atom stereocenters. The fraction of sp³-hybridized carbons (Fsp3) is 0.605. The van der Waals surface area contributed by atoms with Gasteiger partial charge in [-0.3, -0.25) is 14.4 Å². The quantitative estimate of drug-likeness (QED) is 0.0556. The number of allylic oxidation sites excluding steroid dienone is 1. The van der Waals surface area contributed by atoms with Crippen LogP contribution in [0.3, 0.4) is 0 Å². The number of Topliss-reactive ketones (excluding diaryl/α,β-unsaturated/α-hetero) is 1. The Bertz CT molecular complexity index is 1280. The number of amides is 2. The van der Waals surface area contributed by atoms with Crippen molar-refractivity contribution in [3.63, 3.8) is 0 Å². The number of carboxylic acid groups (broad SMARTS) is 1. The number of aliphatic hydroxyl groups is 1. The van der Waals surface area contributed by atoms with Crippen LogP contribution in [0.5, 0.6) is 5.75 Å². The topological polar surface area (TPSA) is 160 Å². The zero-order valence-corrected chi connectivity index (χ0v) is 29.9. The van der Waals surface area contributed by atoms with E-state index in [2.05, 4.69) is 24.1 Å². The van der Waals surface area contributed by atoms with Crippen LogP contribution in [-0.4, -0.2) is 84.1 Å². The molecule has 0 spiro atoms. The van der Waals surface area contributed by atoms with Gasteiger partial charge in [0.05, 0.1) is 19.4 Å². The maximum atomic E-state index is 13.7. The monoisotopic (exact) mass is 684 g/mol. The van der Waals surface area contributed by atoms with Gasteiger partial charge in [0.25, 0.3) is 0 Å². The van der Waals surface area contributed by atoms with Gasteiger partial charge < -0.3 is 29.9 Å². The Balaban J connectivity index is 2.98. The van der Waals surface area contributed by atoms with Crippen molar-refractivity contribution in [1.29, 1.82) is 0 Å². The minimum atomic E-state index is -2.79. The Labute approximate surface area is 291 Å². The summed E-state index contributed by atoms with van der Waals surface area (Å²) in [6.45, 7) is 4.08. The molecule has 0 aliphatic carbocycles. The van der Waals surface area contributed by atoms with E-state index in [0.29, 0.717) is 42.8 Å². The number of carboxylic acids is 1. The van der Waals surface area contributed by atoms with Gasteiger partial charge in [-0.2, -0.15) is 0 Å². The van der Waals surface area contributed by atoms with E-state index in [0.717, 1.165) is 37.0 Å². The van der Waals surface area contributed by atoms with Crippen LogP contribution in [0, 0.1) is 17.8 Å². The Morgan fingerprint density at radius 2 is 1.57 bits per heavy atom. The lowest BCUT2D eigenvalue weighted by molar-refractivity contribution is -0.170. The molecule has 0 heterocycles. The standard InChI is InChI=1S/C38H56N2O9/c1-6-8-10-13-16-19-30(41)20-17-14-11-12-15-18-21-32(38(47,37(45)46)28-34(42)40(3)4)35(43)39-33(36(44)48-5)27-29-22-24-31(25-23-29)49-26-9-7-2/h18,21-25,32-33,47H,6,8,10-17,19-20,26-28H2,1-5H3,(H,39,43)(H,45,46)/b21-18+/t32-,33+,38+/m1/s1. The van der Waals surface area contributed by atoms with E-state index in [1.165, 1.54) is 46.5 Å². The summed E-state index contributed by atoms with van der Waals surface area (Å²) in [6.07, 6.45) is 12.5. The number of methoxy groups -OCH3 is 1. The number of ketones is 1. The smallest absolute Gasteiger partial charge is 0.337 e. The molecular formula is C38H56N2O9. The fourth-order valence-electron chi connectivity index (χ4n) is 5.14. The number of hydrogen-bond donors (Lipinski definition) is 3. The third kappa shape index (κ3) is 16.7. The van der Waals surface area contributed by atoms with Gasteiger partial charge in [0.1, 0.15) is 24.2 Å². The second-order valence-electron chi connectivity index (χ2n) is 12.4. The summed E-state index contributed by atoms with van der Waals surface area (Å²) >= 11 is 0. The number of aliphatic carboxylic acids is 1. The first-order chi connectivity index (χ1) is 23.4. The maximum Gasteiger partial charge on any atom is 0.337 e. The maximum absolute atomic E-state index is 13.7. The highest BCUT2D eigenvalue weighted by Crippen LogP contribution is 2.26. The van der Waals surface area contributed by atoms with Crippen LogP contribution in [-0.2, 0) is 35.1 Å². The summed E-state index contributed by atoms with van der Waals surface area (Å²) in [5, 5.41) is 24.0. The first-order valence-corrected chi connectivity index (χ1v) is 17.2. The average Bonchev–Trinajstić information content (AvgIpc) is 3.07. The number of hydrogen-bond acceptors (Lipinski definition) is 8. The summed E-state index contributed by atoms with van der Waals surface area (Å²) < 4.78 is 10.4. The second kappa shape index (κ2) is 24.0. The van der Waals surface area contributed by atoms with E-state index >= 15 is 0 Å². The minimum absolute atomic E-state index is 0.00732. The number of unbranched alkanes of at least 4 members (excludes halogenated alkanes) is 8. The van der Waals surface area contributed by atoms with Gasteiger partial charge in [-0.05, 0) is 50.3 Å². The molecule has 0 saturated heterocycles. The van der Waals surface area contributed by atoms with E-state index in [9.17, 15) is 34.2 Å². The van der Waals surface area contributed by atoms with Gasteiger partial charge in [-0.25, -0.2) is 9.59 Å². The molecule has 3 N–H and O–H groups in total. The van der Waals surface area contributed by atoms with Gasteiger partial charge in [-0.15, -0.1) is 5.92 Å². The molecule has 0 aromatic heterocycles. The number of ether oxygens (including phenoxy) is 2. The third-order valence-corrected chi connectivity index (χ3v) is 8.20. The van der Waals surface area contributed by atoms with Crippen LogP contribution in [0.15, 0.2) is 36.4 Å². The van der Waals surface area contributed by atoms with Crippen molar-refractivity contribution in [2.45, 2.75) is 115 Å². The van der Waals surface area contributed by atoms with Crippen LogP contribution in [0.25, 0.3) is 0 Å². The van der Waals surface area contributed by atoms with Crippen molar-refractivity contribution in [3.05, 3.63) is 42.0 Å². The number of nitrogens with zero attached hydrogens (tertiary/aromatic N) is 1. The molecule has 1 rings (SSSR count). The highest BCUT2D eigenvalue weighted by Gasteiger charge is 2.49. The molecule has 1 aromatic rings. The molecule has 0 unspecified atom stereocenters. The molecule has 0 fully saturated rings. The summed E-state index contributed by atoms with van der Waals surface area (Å²) in [5.74, 6) is 0.523. The molecule has 49 heavy (non-hydrogen) atoms. The van der Waals surface area contributed by atoms with Crippen LogP contribution in [0.1, 0.15) is 103 Å². The molecule has 0 bridgehead atoms. The van der Waals surface area contributed by atoms with Gasteiger partial charge in [-0.1, -0.05) is 75.7 Å². The van der Waals surface area contributed by atoms with E-state index in [-0.39, 0.29) is 13.0 Å². The molecule has 1 aromatic carbocycles. The third-order valence-electron chi connectivity index (χ3n) is 8.20. The van der Waals surface area contributed by atoms with Crippen molar-refractivity contribution in [3.8, 4) is 17.6 Å². The first-order valence-electron chi connectivity index (χ1n) is 17.2. The van der Waals surface area contributed by atoms with Crippen molar-refractivity contribution < 1.29 is 43.7 Å². The number of carbonyl (C=O) groups is 5. The molecule has 0 saturated carbocycles. The summed E-state index contributed by atoms with van der Waals surface area (Å²) in [5.41, 5.74) is -2.14. The normalized spacial score (nSPS) is 13.3. The number of esters is 1. The predicted octanol–water partition coefficient (Wildman–Crippen LogP) is 5.03. The largest absolute Gasteiger partial charge is 0.481 e. The fourth-order valence-corrected chi connectivity index (χ4v) is 5.14. The summed E-state index contributed by atoms with van der Waals surface area (Å²) in [6, 6.07) is 5.59. The molecule has 0 radical (unpaired) electrons. The van der Waals surface area contributed by atoms with E-state index in [1.54, 1.807) is 37.3 Å². The molecule has 11 heteroatoms. The zero-order valence-electron chi connectivity index (χ0n) is 29.9. The molecular weight excluding hydrogens is 628 g/mol. The van der Waals surface area contributed by atoms with Crippen LogP contribution in [0.2, 0.25) is 0 Å². The van der Waals surface area contributed by atoms with Crippen molar-refractivity contribution >= 4 is 29.5 Å². The molecule has 0 aliphatic rings. The highest BCUT2D eigenvalue weighted by molar-refractivity contribution is 5.95. The lowest BCUT2D eigenvalue weighted by atomic mass is 9.82. The lowest BCUT2D eigenvalue weighted by Crippen LogP contribution is -2.56. The molecule has 11 nitrogen and oxygen atoms in total. The number of rotatable bonds is 25. The highest BCUT2D eigenvalue weighted by atomic mass is 16.5. The van der Waals surface area contributed by atoms with Gasteiger partial charge in [0, 0.05) is 33.4 Å². The van der Waals surface area contributed by atoms with Crippen molar-refractivity contribution in [2.24, 2.45) is 5.92 Å². The molecule has 2 amide bonds. The van der Waals surface area contributed by atoms with E-state index in [1.807, 2.05) is 0 Å².